The highest BCUT2D eigenvalue weighted by Gasteiger charge is 2.22. The van der Waals surface area contributed by atoms with Crippen molar-refractivity contribution in [3.8, 4) is 5.75 Å². The van der Waals surface area contributed by atoms with Gasteiger partial charge in [-0.3, -0.25) is 10.1 Å². The lowest BCUT2D eigenvalue weighted by atomic mass is 10.1. The molecule has 1 aliphatic heterocycles. The van der Waals surface area contributed by atoms with Gasteiger partial charge in [0, 0.05) is 10.9 Å². The van der Waals surface area contributed by atoms with E-state index in [2.05, 4.69) is 22.4 Å². The minimum Gasteiger partial charge on any atom is -0.489 e. The van der Waals surface area contributed by atoms with E-state index in [4.69, 9.17) is 9.47 Å². The normalized spacial score (nSPS) is 16.0. The number of ether oxygens (including phenoxy) is 2. The number of benzene rings is 3. The SMILES string of the molecule is O=C(NC1=NCC(COc2cccc3ccccc23)O1)c1ccccc1. The van der Waals surface area contributed by atoms with Gasteiger partial charge in [-0.15, -0.1) is 0 Å². The van der Waals surface area contributed by atoms with E-state index >= 15 is 0 Å². The zero-order valence-corrected chi connectivity index (χ0v) is 14.1. The van der Waals surface area contributed by atoms with E-state index in [1.165, 1.54) is 0 Å². The molecule has 0 spiro atoms. The molecular weight excluding hydrogens is 328 g/mol. The number of carbonyl (C=O) groups excluding carboxylic acids is 1. The van der Waals surface area contributed by atoms with Crippen LogP contribution in [-0.2, 0) is 4.74 Å². The minimum absolute atomic E-state index is 0.222. The van der Waals surface area contributed by atoms with Gasteiger partial charge in [0.15, 0.2) is 6.10 Å². The van der Waals surface area contributed by atoms with E-state index in [9.17, 15) is 4.79 Å². The van der Waals surface area contributed by atoms with Gasteiger partial charge in [0.1, 0.15) is 12.4 Å². The van der Waals surface area contributed by atoms with Crippen LogP contribution in [0.5, 0.6) is 5.75 Å². The van der Waals surface area contributed by atoms with Gasteiger partial charge < -0.3 is 9.47 Å². The molecule has 130 valence electrons. The quantitative estimate of drug-likeness (QED) is 0.788. The number of nitrogens with zero attached hydrogens (tertiary/aromatic N) is 1. The molecule has 0 radical (unpaired) electrons. The average molecular weight is 346 g/mol. The van der Waals surface area contributed by atoms with Gasteiger partial charge in [0.25, 0.3) is 11.9 Å². The molecule has 3 aromatic rings. The molecule has 1 N–H and O–H groups in total. The van der Waals surface area contributed by atoms with Crippen molar-refractivity contribution < 1.29 is 14.3 Å². The van der Waals surface area contributed by atoms with Crippen LogP contribution in [0.4, 0.5) is 0 Å². The monoisotopic (exact) mass is 346 g/mol. The Bertz CT molecular complexity index is 948. The molecule has 0 aliphatic carbocycles. The van der Waals surface area contributed by atoms with Crippen LogP contribution in [0.15, 0.2) is 77.8 Å². The fraction of sp³-hybridized carbons (Fsp3) is 0.143. The number of hydrogen-bond donors (Lipinski definition) is 1. The fourth-order valence-electron chi connectivity index (χ4n) is 2.84. The van der Waals surface area contributed by atoms with Crippen LogP contribution in [0, 0.1) is 0 Å². The molecule has 4 rings (SSSR count). The van der Waals surface area contributed by atoms with Gasteiger partial charge >= 0.3 is 0 Å². The van der Waals surface area contributed by atoms with Crippen LogP contribution in [-0.4, -0.2) is 31.2 Å². The Morgan fingerprint density at radius 2 is 1.81 bits per heavy atom. The molecule has 1 atom stereocenters. The molecular formula is C21H18N2O3. The Morgan fingerprint density at radius 1 is 1.04 bits per heavy atom. The number of carbonyl (C=O) groups is 1. The van der Waals surface area contributed by atoms with E-state index in [1.807, 2.05) is 48.5 Å². The van der Waals surface area contributed by atoms with Crippen molar-refractivity contribution >= 4 is 22.7 Å². The Kier molecular flexibility index (Phi) is 4.51. The summed E-state index contributed by atoms with van der Waals surface area (Å²) in [5, 5.41) is 4.88. The number of nitrogens with one attached hydrogen (secondary N) is 1. The molecule has 1 amide bonds. The third kappa shape index (κ3) is 3.52. The summed E-state index contributed by atoms with van der Waals surface area (Å²) in [6.07, 6.45) is -0.222. The highest BCUT2D eigenvalue weighted by atomic mass is 16.6. The van der Waals surface area contributed by atoms with Crippen molar-refractivity contribution in [2.24, 2.45) is 4.99 Å². The van der Waals surface area contributed by atoms with Crippen LogP contribution in [0.1, 0.15) is 10.4 Å². The first-order valence-corrected chi connectivity index (χ1v) is 8.48. The fourth-order valence-corrected chi connectivity index (χ4v) is 2.84. The van der Waals surface area contributed by atoms with Crippen LogP contribution < -0.4 is 10.1 Å². The van der Waals surface area contributed by atoms with E-state index in [0.29, 0.717) is 18.7 Å². The predicted molar refractivity (Wildman–Crippen MR) is 101 cm³/mol. The Hall–Kier alpha value is -3.34. The summed E-state index contributed by atoms with van der Waals surface area (Å²) in [5.74, 6) is 0.577. The molecule has 1 heterocycles. The number of hydrogen-bond acceptors (Lipinski definition) is 4. The first-order chi connectivity index (χ1) is 12.8. The maximum Gasteiger partial charge on any atom is 0.292 e. The standard InChI is InChI=1S/C21H18N2O3/c24-20(16-8-2-1-3-9-16)23-21-22-13-17(26-21)14-25-19-12-6-10-15-7-4-5-11-18(15)19/h1-12,17H,13-14H2,(H,22,23,24). The predicted octanol–water partition coefficient (Wildman–Crippen LogP) is 3.40. The molecule has 3 aromatic carbocycles. The number of fused-ring (bicyclic) bond motifs is 1. The zero-order valence-electron chi connectivity index (χ0n) is 14.1. The number of amidine groups is 1. The first kappa shape index (κ1) is 16.1. The molecule has 5 nitrogen and oxygen atoms in total. The van der Waals surface area contributed by atoms with Crippen molar-refractivity contribution in [3.05, 3.63) is 78.4 Å². The third-order valence-corrected chi connectivity index (χ3v) is 4.15. The highest BCUT2D eigenvalue weighted by Crippen LogP contribution is 2.25. The molecule has 0 fully saturated rings. The van der Waals surface area contributed by atoms with Gasteiger partial charge in [0.2, 0.25) is 0 Å². The number of rotatable bonds is 4. The average Bonchev–Trinajstić information content (AvgIpc) is 3.14. The molecule has 0 bridgehead atoms. The van der Waals surface area contributed by atoms with Crippen molar-refractivity contribution in [2.45, 2.75) is 6.10 Å². The summed E-state index contributed by atoms with van der Waals surface area (Å²) >= 11 is 0. The molecule has 1 aliphatic rings. The Morgan fingerprint density at radius 3 is 2.69 bits per heavy atom. The lowest BCUT2D eigenvalue weighted by Crippen LogP contribution is -2.33. The van der Waals surface area contributed by atoms with Crippen molar-refractivity contribution in [3.63, 3.8) is 0 Å². The second-order valence-electron chi connectivity index (χ2n) is 5.99. The van der Waals surface area contributed by atoms with Gasteiger partial charge in [-0.05, 0) is 23.6 Å². The lowest BCUT2D eigenvalue weighted by Gasteiger charge is -2.14. The van der Waals surface area contributed by atoms with Gasteiger partial charge in [-0.1, -0.05) is 54.6 Å². The summed E-state index contributed by atoms with van der Waals surface area (Å²) < 4.78 is 11.6. The second kappa shape index (κ2) is 7.27. The molecule has 1 unspecified atom stereocenters. The smallest absolute Gasteiger partial charge is 0.292 e. The maximum absolute atomic E-state index is 12.1. The van der Waals surface area contributed by atoms with E-state index in [-0.39, 0.29) is 18.0 Å². The molecule has 5 heteroatoms. The van der Waals surface area contributed by atoms with Crippen molar-refractivity contribution in [2.75, 3.05) is 13.2 Å². The van der Waals surface area contributed by atoms with Crippen LogP contribution >= 0.6 is 0 Å². The van der Waals surface area contributed by atoms with Crippen LogP contribution in [0.25, 0.3) is 10.8 Å². The van der Waals surface area contributed by atoms with Crippen molar-refractivity contribution in [1.29, 1.82) is 0 Å². The topological polar surface area (TPSA) is 59.9 Å². The molecule has 0 saturated heterocycles. The highest BCUT2D eigenvalue weighted by molar-refractivity contribution is 6.04. The summed E-state index contributed by atoms with van der Waals surface area (Å²) in [5.41, 5.74) is 0.564. The minimum atomic E-state index is -0.236. The van der Waals surface area contributed by atoms with Crippen LogP contribution in [0.3, 0.4) is 0 Å². The number of aliphatic imine (C=N–C) groups is 1. The summed E-state index contributed by atoms with van der Waals surface area (Å²) in [7, 11) is 0. The number of amides is 1. The third-order valence-electron chi connectivity index (χ3n) is 4.15. The van der Waals surface area contributed by atoms with Gasteiger partial charge in [-0.25, -0.2) is 4.99 Å². The second-order valence-corrected chi connectivity index (χ2v) is 5.99. The van der Waals surface area contributed by atoms with E-state index < -0.39 is 0 Å². The van der Waals surface area contributed by atoms with E-state index in [1.54, 1.807) is 12.1 Å². The Balaban J connectivity index is 1.33. The maximum atomic E-state index is 12.1. The first-order valence-electron chi connectivity index (χ1n) is 8.48. The van der Waals surface area contributed by atoms with E-state index in [0.717, 1.165) is 16.5 Å². The molecule has 26 heavy (non-hydrogen) atoms. The largest absolute Gasteiger partial charge is 0.489 e. The summed E-state index contributed by atoms with van der Waals surface area (Å²) in [6, 6.07) is 23.2. The van der Waals surface area contributed by atoms with Gasteiger partial charge in [0.05, 0.1) is 6.54 Å². The molecule has 0 aromatic heterocycles. The van der Waals surface area contributed by atoms with Crippen molar-refractivity contribution in [1.82, 2.24) is 5.32 Å². The van der Waals surface area contributed by atoms with Gasteiger partial charge in [-0.2, -0.15) is 0 Å². The van der Waals surface area contributed by atoms with Crippen LogP contribution in [0.2, 0.25) is 0 Å². The zero-order chi connectivity index (χ0) is 17.8. The summed E-state index contributed by atoms with van der Waals surface area (Å²) in [4.78, 5) is 16.4. The lowest BCUT2D eigenvalue weighted by molar-refractivity contribution is 0.0950. The molecule has 0 saturated carbocycles. The summed E-state index contributed by atoms with van der Waals surface area (Å²) in [6.45, 7) is 0.817. The Labute approximate surface area is 151 Å².